The molecule has 3 aromatic heterocycles. The quantitative estimate of drug-likeness (QED) is 0.276. The van der Waals surface area contributed by atoms with Crippen molar-refractivity contribution in [3.05, 3.63) is 79.0 Å². The second-order valence-corrected chi connectivity index (χ2v) is 9.31. The van der Waals surface area contributed by atoms with Crippen LogP contribution in [0.4, 0.5) is 15.8 Å². The smallest absolute Gasteiger partial charge is 0.241 e. The number of hydrogen-bond donors (Lipinski definition) is 1. The molecule has 3 heterocycles. The van der Waals surface area contributed by atoms with Crippen molar-refractivity contribution < 1.29 is 23.5 Å². The van der Waals surface area contributed by atoms with Gasteiger partial charge in [0, 0.05) is 37.8 Å². The second-order valence-electron chi connectivity index (χ2n) is 8.26. The maximum Gasteiger partial charge on any atom is 0.241 e. The summed E-state index contributed by atoms with van der Waals surface area (Å²) in [6.07, 6.45) is 4.59. The van der Waals surface area contributed by atoms with Gasteiger partial charge in [-0.05, 0) is 30.3 Å². The molecule has 0 fully saturated rings. The van der Waals surface area contributed by atoms with E-state index in [1.54, 1.807) is 42.7 Å². The molecule has 0 saturated heterocycles. The first-order valence-corrected chi connectivity index (χ1v) is 12.2. The van der Waals surface area contributed by atoms with E-state index in [4.69, 9.17) is 15.2 Å². The van der Waals surface area contributed by atoms with Crippen LogP contribution in [0, 0.1) is 5.82 Å². The Balaban J connectivity index is 1.50. The van der Waals surface area contributed by atoms with Crippen molar-refractivity contribution >= 4 is 44.7 Å². The number of halogens is 1. The maximum atomic E-state index is 15.4. The number of primary amides is 1. The van der Waals surface area contributed by atoms with Crippen LogP contribution in [0.5, 0.6) is 17.2 Å². The Kier molecular flexibility index (Phi) is 6.75. The fourth-order valence-electron chi connectivity index (χ4n) is 4.00. The van der Waals surface area contributed by atoms with E-state index in [0.29, 0.717) is 22.7 Å². The number of nitrogens with two attached hydrogens (primary N) is 1. The number of anilines is 2. The number of nitrogens with zero attached hydrogens (tertiary/aromatic N) is 4. The van der Waals surface area contributed by atoms with Gasteiger partial charge >= 0.3 is 0 Å². The predicted molar refractivity (Wildman–Crippen MR) is 142 cm³/mol. The van der Waals surface area contributed by atoms with Crippen molar-refractivity contribution in [2.75, 3.05) is 12.0 Å². The Labute approximate surface area is 220 Å². The summed E-state index contributed by atoms with van der Waals surface area (Å²) in [6.45, 7) is 0. The van der Waals surface area contributed by atoms with Crippen LogP contribution in [0.15, 0.2) is 73.2 Å². The van der Waals surface area contributed by atoms with Gasteiger partial charge in [-0.25, -0.2) is 9.37 Å². The third-order valence-corrected chi connectivity index (χ3v) is 6.85. The highest BCUT2D eigenvalue weighted by Crippen LogP contribution is 2.40. The van der Waals surface area contributed by atoms with Gasteiger partial charge in [-0.1, -0.05) is 12.1 Å². The van der Waals surface area contributed by atoms with Crippen LogP contribution < -0.4 is 20.1 Å². The Bertz CT molecular complexity index is 1660. The van der Waals surface area contributed by atoms with Crippen LogP contribution in [0.2, 0.25) is 0 Å². The van der Waals surface area contributed by atoms with Crippen LogP contribution in [0.25, 0.3) is 20.9 Å². The molecule has 0 spiro atoms. The zero-order chi connectivity index (χ0) is 26.8. The molecule has 0 aliphatic carbocycles. The summed E-state index contributed by atoms with van der Waals surface area (Å²) < 4.78 is 29.4. The first-order chi connectivity index (χ1) is 18.4. The normalized spacial score (nSPS) is 10.9. The lowest BCUT2D eigenvalue weighted by atomic mass is 10.2. The van der Waals surface area contributed by atoms with Crippen molar-refractivity contribution in [1.82, 2.24) is 14.5 Å². The number of ether oxygens (including phenoxy) is 2. The molecule has 0 unspecified atom stereocenters. The summed E-state index contributed by atoms with van der Waals surface area (Å²) in [5.74, 6) is -0.615. The number of carbonyl (C=O) groups excluding carboxylic acids is 2. The molecular weight excluding hydrogens is 509 g/mol. The van der Waals surface area contributed by atoms with E-state index >= 15 is 4.39 Å². The van der Waals surface area contributed by atoms with Gasteiger partial charge in [0.2, 0.25) is 11.8 Å². The molecule has 2 amide bonds. The number of para-hydroxylation sites is 2. The standard InChI is InChI=1S/C27H22FN5O4S/c1-32-12-11-31-27(32)23-14-18-26(38-23)22(9-10-30-18)37-20-8-7-16(13-17(20)28)33(25(35)15-24(29)34)19-5-3-4-6-21(19)36-2/h3-14H,15H2,1-2H3,(H2,29,34). The molecule has 38 heavy (non-hydrogen) atoms. The van der Waals surface area contributed by atoms with Gasteiger partial charge in [-0.2, -0.15) is 0 Å². The number of amides is 2. The number of hydrogen-bond acceptors (Lipinski definition) is 7. The van der Waals surface area contributed by atoms with Gasteiger partial charge in [0.15, 0.2) is 11.6 Å². The van der Waals surface area contributed by atoms with Crippen LogP contribution in [-0.4, -0.2) is 33.5 Å². The number of thiophene rings is 1. The van der Waals surface area contributed by atoms with Crippen LogP contribution in [0.3, 0.4) is 0 Å². The number of imidazole rings is 1. The van der Waals surface area contributed by atoms with Crippen LogP contribution in [-0.2, 0) is 16.6 Å². The fraction of sp³-hybridized carbons (Fsp3) is 0.111. The predicted octanol–water partition coefficient (Wildman–Crippen LogP) is 5.18. The molecular formula is C27H22FN5O4S. The van der Waals surface area contributed by atoms with Gasteiger partial charge in [0.1, 0.15) is 23.7 Å². The molecule has 0 aliphatic rings. The average Bonchev–Trinajstić information content (AvgIpc) is 3.52. The molecule has 192 valence electrons. The number of methoxy groups -OCH3 is 1. The van der Waals surface area contributed by atoms with E-state index < -0.39 is 24.1 Å². The maximum absolute atomic E-state index is 15.4. The zero-order valence-corrected chi connectivity index (χ0v) is 21.2. The molecule has 0 saturated carbocycles. The summed E-state index contributed by atoms with van der Waals surface area (Å²) in [5, 5.41) is 0. The number of aromatic nitrogens is 3. The summed E-state index contributed by atoms with van der Waals surface area (Å²) in [6, 6.07) is 14.4. The Morgan fingerprint density at radius 1 is 1.05 bits per heavy atom. The highest BCUT2D eigenvalue weighted by atomic mass is 32.1. The highest BCUT2D eigenvalue weighted by molar-refractivity contribution is 7.22. The number of rotatable bonds is 8. The number of aryl methyl sites for hydroxylation is 1. The lowest BCUT2D eigenvalue weighted by Crippen LogP contribution is -2.30. The molecule has 0 bridgehead atoms. The van der Waals surface area contributed by atoms with Crippen molar-refractivity contribution in [2.24, 2.45) is 12.8 Å². The molecule has 0 atom stereocenters. The minimum Gasteiger partial charge on any atom is -0.495 e. The molecule has 0 radical (unpaired) electrons. The monoisotopic (exact) mass is 531 g/mol. The van der Waals surface area contributed by atoms with Crippen molar-refractivity contribution in [2.45, 2.75) is 6.42 Å². The van der Waals surface area contributed by atoms with Crippen molar-refractivity contribution in [1.29, 1.82) is 0 Å². The molecule has 5 aromatic rings. The molecule has 9 nitrogen and oxygen atoms in total. The number of carbonyl (C=O) groups is 2. The van der Waals surface area contributed by atoms with Gasteiger partial charge in [0.25, 0.3) is 0 Å². The number of pyridine rings is 1. The van der Waals surface area contributed by atoms with Crippen LogP contribution in [0.1, 0.15) is 6.42 Å². The second kappa shape index (κ2) is 10.3. The topological polar surface area (TPSA) is 113 Å². The Morgan fingerprint density at radius 3 is 2.58 bits per heavy atom. The Hall–Kier alpha value is -4.77. The molecule has 5 rings (SSSR count). The van der Waals surface area contributed by atoms with Gasteiger partial charge in [-0.15, -0.1) is 11.3 Å². The summed E-state index contributed by atoms with van der Waals surface area (Å²) >= 11 is 1.44. The minimum absolute atomic E-state index is 0.0458. The van der Waals surface area contributed by atoms with Gasteiger partial charge < -0.3 is 19.8 Å². The summed E-state index contributed by atoms with van der Waals surface area (Å²) in [7, 11) is 3.35. The summed E-state index contributed by atoms with van der Waals surface area (Å²) in [4.78, 5) is 35.4. The highest BCUT2D eigenvalue weighted by Gasteiger charge is 2.24. The molecule has 0 aliphatic heterocycles. The van der Waals surface area contributed by atoms with E-state index in [2.05, 4.69) is 9.97 Å². The molecule has 2 N–H and O–H groups in total. The van der Waals surface area contributed by atoms with Crippen LogP contribution >= 0.6 is 11.3 Å². The number of fused-ring (bicyclic) bond motifs is 1. The largest absolute Gasteiger partial charge is 0.495 e. The van der Waals surface area contributed by atoms with E-state index in [1.165, 1.54) is 35.5 Å². The van der Waals surface area contributed by atoms with Crippen molar-refractivity contribution in [3.63, 3.8) is 0 Å². The van der Waals surface area contributed by atoms with Crippen molar-refractivity contribution in [3.8, 4) is 28.0 Å². The summed E-state index contributed by atoms with van der Waals surface area (Å²) in [5.41, 5.74) is 6.48. The SMILES string of the molecule is COc1ccccc1N(C(=O)CC(N)=O)c1ccc(Oc2ccnc3cc(-c4nccn4C)sc23)c(F)c1. The van der Waals surface area contributed by atoms with E-state index in [1.807, 2.05) is 23.9 Å². The molecule has 2 aromatic carbocycles. The lowest BCUT2D eigenvalue weighted by molar-refractivity contribution is -0.125. The lowest BCUT2D eigenvalue weighted by Gasteiger charge is -2.24. The zero-order valence-electron chi connectivity index (χ0n) is 20.4. The Morgan fingerprint density at radius 2 is 1.87 bits per heavy atom. The minimum atomic E-state index is -0.808. The fourth-order valence-corrected chi connectivity index (χ4v) is 5.10. The first kappa shape index (κ1) is 24.9. The first-order valence-electron chi connectivity index (χ1n) is 11.4. The molecule has 11 heteroatoms. The van der Waals surface area contributed by atoms with Gasteiger partial charge in [0.05, 0.1) is 33.6 Å². The number of benzene rings is 2. The average molecular weight is 532 g/mol. The third kappa shape index (κ3) is 4.78. The third-order valence-electron chi connectivity index (χ3n) is 5.71. The van der Waals surface area contributed by atoms with Gasteiger partial charge in [-0.3, -0.25) is 19.5 Å². The van der Waals surface area contributed by atoms with E-state index in [9.17, 15) is 9.59 Å². The van der Waals surface area contributed by atoms with E-state index in [-0.39, 0.29) is 11.4 Å². The van der Waals surface area contributed by atoms with E-state index in [0.717, 1.165) is 21.5 Å².